The van der Waals surface area contributed by atoms with Gasteiger partial charge in [-0.3, -0.25) is 0 Å². The van der Waals surface area contributed by atoms with Crippen LogP contribution in [0.1, 0.15) is 36.0 Å². The molecule has 4 heteroatoms. The molecule has 0 saturated heterocycles. The average Bonchev–Trinajstić information content (AvgIpc) is 3.16. The van der Waals surface area contributed by atoms with Crippen LogP contribution in [0.2, 0.25) is 0 Å². The van der Waals surface area contributed by atoms with Crippen LogP contribution in [0.15, 0.2) is 152 Å². The van der Waals surface area contributed by atoms with Gasteiger partial charge in [0, 0.05) is 22.4 Å². The molecule has 242 valence electrons. The Morgan fingerprint density at radius 3 is 1.49 bits per heavy atom. The van der Waals surface area contributed by atoms with Crippen molar-refractivity contribution >= 4 is 47.7 Å². The van der Waals surface area contributed by atoms with E-state index in [-0.39, 0.29) is 0 Å². The summed E-state index contributed by atoms with van der Waals surface area (Å²) >= 11 is 0. The number of hydrogen-bond donors (Lipinski definition) is 0. The second-order valence-electron chi connectivity index (χ2n) is 13.7. The minimum absolute atomic E-state index is 0.301. The molecule has 1 spiro atoms. The first-order chi connectivity index (χ1) is 24.2. The SMILES string of the molecule is Cc1ccc2c(c1P(c1ccccc1)c1ccccc1)O[C@]13Oc4c(cccc4P(c4ccccc4)c4ccccc4)C[C@H]1CCC[C@@H]3C2. The fourth-order valence-corrected chi connectivity index (χ4v) is 13.5. The lowest BCUT2D eigenvalue weighted by Crippen LogP contribution is -2.62. The number of aryl methyl sites for hydroxylation is 1. The predicted octanol–water partition coefficient (Wildman–Crippen LogP) is 8.19. The van der Waals surface area contributed by atoms with E-state index in [0.717, 1.165) is 37.2 Å². The van der Waals surface area contributed by atoms with Gasteiger partial charge in [0.05, 0.1) is 0 Å². The molecular weight excluding hydrogens is 634 g/mol. The summed E-state index contributed by atoms with van der Waals surface area (Å²) in [5.74, 6) is 2.02. The monoisotopic (exact) mass is 674 g/mol. The fourth-order valence-electron chi connectivity index (χ4n) is 8.47. The quantitative estimate of drug-likeness (QED) is 0.166. The molecule has 0 bridgehead atoms. The first-order valence-electron chi connectivity index (χ1n) is 17.6. The second kappa shape index (κ2) is 12.9. The number of hydrogen-bond acceptors (Lipinski definition) is 2. The van der Waals surface area contributed by atoms with Crippen LogP contribution >= 0.6 is 15.8 Å². The van der Waals surface area contributed by atoms with Gasteiger partial charge in [-0.15, -0.1) is 0 Å². The normalized spacial score (nSPS) is 20.7. The predicted molar refractivity (Wildman–Crippen MR) is 207 cm³/mol. The van der Waals surface area contributed by atoms with Gasteiger partial charge in [-0.1, -0.05) is 158 Å². The van der Waals surface area contributed by atoms with Gasteiger partial charge in [0.25, 0.3) is 5.79 Å². The summed E-state index contributed by atoms with van der Waals surface area (Å²) in [6, 6.07) is 55.6. The van der Waals surface area contributed by atoms with Crippen LogP contribution in [0.3, 0.4) is 0 Å². The lowest BCUT2D eigenvalue weighted by atomic mass is 9.68. The van der Waals surface area contributed by atoms with Gasteiger partial charge in [0.2, 0.25) is 0 Å². The highest BCUT2D eigenvalue weighted by Crippen LogP contribution is 2.55. The van der Waals surface area contributed by atoms with Crippen molar-refractivity contribution in [1.82, 2.24) is 0 Å². The van der Waals surface area contributed by atoms with Crippen molar-refractivity contribution in [2.45, 2.75) is 44.8 Å². The summed E-state index contributed by atoms with van der Waals surface area (Å²) in [6.45, 7) is 2.27. The largest absolute Gasteiger partial charge is 0.451 e. The summed E-state index contributed by atoms with van der Waals surface area (Å²) < 4.78 is 15.3. The molecule has 49 heavy (non-hydrogen) atoms. The molecule has 3 aliphatic rings. The molecule has 0 amide bonds. The van der Waals surface area contributed by atoms with Crippen molar-refractivity contribution in [2.24, 2.45) is 11.8 Å². The third kappa shape index (κ3) is 5.42. The molecule has 1 saturated carbocycles. The molecule has 2 heterocycles. The summed E-state index contributed by atoms with van der Waals surface area (Å²) in [5.41, 5.74) is 3.94. The molecule has 0 radical (unpaired) electrons. The fraction of sp³-hybridized carbons (Fsp3) is 0.200. The molecule has 2 aliphatic heterocycles. The zero-order valence-corrected chi connectivity index (χ0v) is 29.6. The van der Waals surface area contributed by atoms with Gasteiger partial charge in [-0.2, -0.15) is 0 Å². The van der Waals surface area contributed by atoms with E-state index in [9.17, 15) is 0 Å². The molecule has 0 N–H and O–H groups in total. The number of ether oxygens (including phenoxy) is 2. The zero-order valence-electron chi connectivity index (χ0n) is 27.8. The number of para-hydroxylation sites is 1. The van der Waals surface area contributed by atoms with Gasteiger partial charge >= 0.3 is 0 Å². The van der Waals surface area contributed by atoms with Gasteiger partial charge in [0.1, 0.15) is 11.5 Å². The van der Waals surface area contributed by atoms with Crippen LogP contribution in [0, 0.1) is 18.8 Å². The van der Waals surface area contributed by atoms with Crippen LogP contribution in [-0.4, -0.2) is 5.79 Å². The molecule has 1 aliphatic carbocycles. The van der Waals surface area contributed by atoms with Crippen molar-refractivity contribution in [3.8, 4) is 11.5 Å². The van der Waals surface area contributed by atoms with Crippen LogP contribution in [0.5, 0.6) is 11.5 Å². The average molecular weight is 675 g/mol. The first-order valence-corrected chi connectivity index (χ1v) is 20.3. The van der Waals surface area contributed by atoms with E-state index in [1.54, 1.807) is 0 Å². The molecule has 6 aromatic rings. The van der Waals surface area contributed by atoms with Crippen molar-refractivity contribution < 1.29 is 9.47 Å². The molecule has 2 nitrogen and oxygen atoms in total. The van der Waals surface area contributed by atoms with Crippen LogP contribution in [-0.2, 0) is 12.8 Å². The van der Waals surface area contributed by atoms with E-state index < -0.39 is 21.6 Å². The highest BCUT2D eigenvalue weighted by molar-refractivity contribution is 7.80. The summed E-state index contributed by atoms with van der Waals surface area (Å²) in [5, 5.41) is 7.99. The minimum Gasteiger partial charge on any atom is -0.451 e. The van der Waals surface area contributed by atoms with E-state index >= 15 is 0 Å². The first kappa shape index (κ1) is 30.8. The maximum absolute atomic E-state index is 7.67. The Labute approximate surface area is 292 Å². The second-order valence-corrected chi connectivity index (χ2v) is 18.0. The minimum atomic E-state index is -0.841. The van der Waals surface area contributed by atoms with E-state index in [0.29, 0.717) is 11.8 Å². The van der Waals surface area contributed by atoms with Crippen molar-refractivity contribution in [3.63, 3.8) is 0 Å². The Kier molecular flexibility index (Phi) is 8.12. The smallest absolute Gasteiger partial charge is 0.257 e. The number of fused-ring (bicyclic) bond motifs is 2. The molecule has 0 unspecified atom stereocenters. The number of benzene rings is 6. The topological polar surface area (TPSA) is 18.5 Å². The third-order valence-corrected chi connectivity index (χ3v) is 15.8. The Balaban J connectivity index is 1.21. The standard InChI is InChI=1S/C45H40O2P2/c1-32-28-29-34-31-36-18-15-17-35-30-33-16-14-27-41(48(37-19-6-2-7-20-37)38-21-8-3-9-22-38)42(33)46-45(35,36)47-43(34)44(32)49(39-23-10-4-11-24-39)40-25-12-5-13-26-40/h2-14,16,19-29,35-36H,15,17-18,30-31H2,1H3/t35-,36-,45-/m1/s1. The molecule has 3 atom stereocenters. The Morgan fingerprint density at radius 2 is 0.959 bits per heavy atom. The maximum Gasteiger partial charge on any atom is 0.257 e. The maximum atomic E-state index is 7.67. The van der Waals surface area contributed by atoms with E-state index in [1.165, 1.54) is 54.9 Å². The van der Waals surface area contributed by atoms with Gasteiger partial charge < -0.3 is 9.47 Å². The molecular formula is C45H40O2P2. The highest BCUT2D eigenvalue weighted by Gasteiger charge is 2.58. The lowest BCUT2D eigenvalue weighted by Gasteiger charge is -2.54. The van der Waals surface area contributed by atoms with Crippen molar-refractivity contribution in [3.05, 3.63) is 168 Å². The van der Waals surface area contributed by atoms with Gasteiger partial charge in [0.15, 0.2) is 0 Å². The van der Waals surface area contributed by atoms with Crippen molar-refractivity contribution in [1.29, 1.82) is 0 Å². The van der Waals surface area contributed by atoms with Crippen molar-refractivity contribution in [2.75, 3.05) is 0 Å². The Bertz CT molecular complexity index is 2010. The highest BCUT2D eigenvalue weighted by atomic mass is 31.1. The van der Waals surface area contributed by atoms with Crippen LogP contribution < -0.4 is 41.3 Å². The number of rotatable bonds is 6. The zero-order chi connectivity index (χ0) is 32.8. The molecule has 0 aromatic heterocycles. The lowest BCUT2D eigenvalue weighted by molar-refractivity contribution is -0.225. The van der Waals surface area contributed by atoms with E-state index in [4.69, 9.17) is 9.47 Å². The summed E-state index contributed by atoms with van der Waals surface area (Å²) in [6.07, 6.45) is 5.42. The molecule has 6 aromatic carbocycles. The van der Waals surface area contributed by atoms with Gasteiger partial charge in [-0.05, 0) is 86.4 Å². The Hall–Kier alpha value is -4.22. The molecule has 1 fully saturated rings. The third-order valence-electron chi connectivity index (χ3n) is 10.7. The summed E-state index contributed by atoms with van der Waals surface area (Å²) in [7, 11) is -1.67. The van der Waals surface area contributed by atoms with E-state index in [2.05, 4.69) is 159 Å². The van der Waals surface area contributed by atoms with Crippen LogP contribution in [0.4, 0.5) is 0 Å². The van der Waals surface area contributed by atoms with E-state index in [1.807, 2.05) is 0 Å². The van der Waals surface area contributed by atoms with Gasteiger partial charge in [-0.25, -0.2) is 0 Å². The molecule has 9 rings (SSSR count). The van der Waals surface area contributed by atoms with Crippen LogP contribution in [0.25, 0.3) is 0 Å². The summed E-state index contributed by atoms with van der Waals surface area (Å²) in [4.78, 5) is 0. The Morgan fingerprint density at radius 1 is 0.490 bits per heavy atom.